The van der Waals surface area contributed by atoms with Gasteiger partial charge in [-0.05, 0) is 53.9 Å². The number of hydrogen-bond acceptors (Lipinski definition) is 6. The van der Waals surface area contributed by atoms with E-state index in [-0.39, 0.29) is 34.5 Å². The van der Waals surface area contributed by atoms with Crippen LogP contribution in [-0.2, 0) is 27.8 Å². The first-order chi connectivity index (χ1) is 15.3. The van der Waals surface area contributed by atoms with Gasteiger partial charge in [0.25, 0.3) is 0 Å². The highest BCUT2D eigenvalue weighted by molar-refractivity contribution is 7.89. The van der Waals surface area contributed by atoms with Crippen LogP contribution in [0.3, 0.4) is 0 Å². The molecule has 0 fully saturated rings. The molecule has 8 nitrogen and oxygen atoms in total. The Morgan fingerprint density at radius 2 is 1.66 bits per heavy atom. The van der Waals surface area contributed by atoms with Crippen molar-refractivity contribution in [3.05, 3.63) is 94.9 Å². The molecule has 1 heterocycles. The minimum absolute atomic E-state index is 0.0352. The van der Waals surface area contributed by atoms with E-state index in [1.54, 1.807) is 24.3 Å². The molecule has 1 atom stereocenters. The summed E-state index contributed by atoms with van der Waals surface area (Å²) in [5.41, 5.74) is 1.42. The number of benzene rings is 3. The van der Waals surface area contributed by atoms with Crippen LogP contribution in [0.1, 0.15) is 11.1 Å². The van der Waals surface area contributed by atoms with Crippen LogP contribution in [0.4, 0.5) is 15.8 Å². The van der Waals surface area contributed by atoms with Crippen molar-refractivity contribution >= 4 is 27.3 Å². The number of hydrogen-bond donors (Lipinski definition) is 2. The van der Waals surface area contributed by atoms with Crippen molar-refractivity contribution in [2.24, 2.45) is 0 Å². The molecule has 10 heteroatoms. The summed E-state index contributed by atoms with van der Waals surface area (Å²) in [7, 11) is -4.15. The number of carbonyl (C=O) groups excluding carboxylic acids is 1. The van der Waals surface area contributed by atoms with E-state index in [9.17, 15) is 28.0 Å². The monoisotopic (exact) mass is 456 g/mol. The summed E-state index contributed by atoms with van der Waals surface area (Å²) in [6.45, 7) is -0.0523. The first kappa shape index (κ1) is 21.9. The maximum atomic E-state index is 13.4. The van der Waals surface area contributed by atoms with Crippen LogP contribution in [0.15, 0.2) is 77.7 Å². The fourth-order valence-electron chi connectivity index (χ4n) is 3.68. The highest BCUT2D eigenvalue weighted by Crippen LogP contribution is 2.31. The zero-order chi connectivity index (χ0) is 22.9. The summed E-state index contributed by atoms with van der Waals surface area (Å²) >= 11 is 0. The topological polar surface area (TPSA) is 113 Å². The van der Waals surface area contributed by atoms with Gasteiger partial charge in [0.2, 0.25) is 15.9 Å². The molecule has 1 amide bonds. The summed E-state index contributed by atoms with van der Waals surface area (Å²) in [5.74, 6) is -1.25. The third kappa shape index (κ3) is 4.21. The third-order valence-corrected chi connectivity index (χ3v) is 7.17. The molecule has 4 rings (SSSR count). The molecule has 3 aromatic carbocycles. The number of halogens is 1. The van der Waals surface area contributed by atoms with E-state index in [2.05, 4.69) is 5.32 Å². The largest absolute Gasteiger partial charge is 0.733 e. The zero-order valence-corrected chi connectivity index (χ0v) is 17.5. The Morgan fingerprint density at radius 3 is 2.34 bits per heavy atom. The third-order valence-electron chi connectivity index (χ3n) is 5.30. The summed E-state index contributed by atoms with van der Waals surface area (Å²) in [5, 5.41) is 22.9. The molecule has 0 unspecified atom stereocenters. The minimum Gasteiger partial charge on any atom is -0.733 e. The first-order valence-corrected chi connectivity index (χ1v) is 11.1. The second-order valence-electron chi connectivity index (χ2n) is 7.27. The molecule has 2 N–H and O–H groups in total. The lowest BCUT2D eigenvalue weighted by atomic mass is 9.95. The molecule has 0 saturated carbocycles. The number of fused-ring (bicyclic) bond motifs is 1. The van der Waals surface area contributed by atoms with Crippen molar-refractivity contribution in [3.63, 3.8) is 0 Å². The number of nitrogens with zero attached hydrogens (tertiary/aromatic N) is 2. The molecule has 0 radical (unpaired) electrons. The van der Waals surface area contributed by atoms with Gasteiger partial charge in [0.15, 0.2) is 0 Å². The normalized spacial score (nSPS) is 16.3. The van der Waals surface area contributed by atoms with Crippen molar-refractivity contribution in [3.8, 4) is 0 Å². The SMILES string of the molecule is O=C(Nc1ccccc1N([O-])O)[C@H]1Cc2ccccc2CN1S(=O)(=O)c1ccc(F)cc1. The average Bonchev–Trinajstić information content (AvgIpc) is 2.78. The Hall–Kier alpha value is -3.31. The second kappa shape index (κ2) is 8.67. The lowest BCUT2D eigenvalue weighted by Gasteiger charge is -2.35. The standard InChI is InChI=1S/C22H19FN3O5S/c23-17-9-11-18(12-10-17)32(30,31)25-14-16-6-2-1-5-15(16)13-21(25)22(27)24-19-7-3-4-8-20(19)26(28)29/h1-12,21,28H,13-14H2,(H,24,27)/q-1/t21-/m1/s1. The molecule has 1 aliphatic rings. The van der Waals surface area contributed by atoms with Gasteiger partial charge in [0.05, 0.1) is 16.3 Å². The molecule has 0 aliphatic carbocycles. The van der Waals surface area contributed by atoms with Crippen molar-refractivity contribution in [2.45, 2.75) is 23.9 Å². The Bertz CT molecular complexity index is 1250. The summed E-state index contributed by atoms with van der Waals surface area (Å²) in [6.07, 6.45) is 0.102. The van der Waals surface area contributed by atoms with Gasteiger partial charge in [-0.1, -0.05) is 36.4 Å². The van der Waals surface area contributed by atoms with Gasteiger partial charge >= 0.3 is 0 Å². The minimum atomic E-state index is -4.15. The lowest BCUT2D eigenvalue weighted by Crippen LogP contribution is -2.50. The molecular formula is C22H19FN3O5S-. The highest BCUT2D eigenvalue weighted by Gasteiger charge is 2.39. The molecule has 0 bridgehead atoms. The molecule has 3 aromatic rings. The van der Waals surface area contributed by atoms with Crippen LogP contribution in [0.25, 0.3) is 0 Å². The Balaban J connectivity index is 1.72. The van der Waals surface area contributed by atoms with Gasteiger partial charge in [-0.15, -0.1) is 0 Å². The maximum Gasteiger partial charge on any atom is 0.244 e. The predicted molar refractivity (Wildman–Crippen MR) is 116 cm³/mol. The Kier molecular flexibility index (Phi) is 5.94. The van der Waals surface area contributed by atoms with Crippen LogP contribution in [0.2, 0.25) is 0 Å². The van der Waals surface area contributed by atoms with Crippen molar-refractivity contribution < 1.29 is 22.8 Å². The summed E-state index contributed by atoms with van der Waals surface area (Å²) < 4.78 is 41.2. The fraction of sp³-hybridized carbons (Fsp3) is 0.136. The zero-order valence-electron chi connectivity index (χ0n) is 16.7. The van der Waals surface area contributed by atoms with Gasteiger partial charge in [-0.25, -0.2) is 12.8 Å². The molecule has 32 heavy (non-hydrogen) atoms. The summed E-state index contributed by atoms with van der Waals surface area (Å²) in [4.78, 5) is 13.1. The Labute approximate surface area is 184 Å². The molecular weight excluding hydrogens is 437 g/mol. The maximum absolute atomic E-state index is 13.4. The molecule has 0 spiro atoms. The number of sulfonamides is 1. The average molecular weight is 456 g/mol. The van der Waals surface area contributed by atoms with Crippen molar-refractivity contribution in [2.75, 3.05) is 10.5 Å². The molecule has 0 saturated heterocycles. The van der Waals surface area contributed by atoms with Crippen LogP contribution in [-0.4, -0.2) is 29.9 Å². The number of para-hydroxylation sites is 2. The fourth-order valence-corrected chi connectivity index (χ4v) is 5.24. The predicted octanol–water partition coefficient (Wildman–Crippen LogP) is 3.27. The smallest absolute Gasteiger partial charge is 0.244 e. The van der Waals surface area contributed by atoms with Crippen LogP contribution >= 0.6 is 0 Å². The second-order valence-corrected chi connectivity index (χ2v) is 9.16. The highest BCUT2D eigenvalue weighted by atomic mass is 32.2. The van der Waals surface area contributed by atoms with Gasteiger partial charge in [-0.2, -0.15) is 4.31 Å². The number of amides is 1. The van der Waals surface area contributed by atoms with Crippen molar-refractivity contribution in [1.82, 2.24) is 4.31 Å². The van der Waals surface area contributed by atoms with Gasteiger partial charge in [0, 0.05) is 6.54 Å². The van der Waals surface area contributed by atoms with E-state index in [0.717, 1.165) is 39.7 Å². The molecule has 166 valence electrons. The van der Waals surface area contributed by atoms with Gasteiger partial charge < -0.3 is 15.8 Å². The number of anilines is 2. The quantitative estimate of drug-likeness (QED) is 0.570. The lowest BCUT2D eigenvalue weighted by molar-refractivity contribution is -0.120. The van der Waals surface area contributed by atoms with Crippen LogP contribution < -0.4 is 10.5 Å². The van der Waals surface area contributed by atoms with Crippen LogP contribution in [0, 0.1) is 11.0 Å². The van der Waals surface area contributed by atoms with Gasteiger partial charge in [0.1, 0.15) is 11.9 Å². The van der Waals surface area contributed by atoms with E-state index in [1.807, 2.05) is 6.07 Å². The number of nitrogens with one attached hydrogen (secondary N) is 1. The molecule has 1 aliphatic heterocycles. The van der Waals surface area contributed by atoms with Crippen molar-refractivity contribution in [1.29, 1.82) is 0 Å². The number of rotatable bonds is 5. The number of carbonyl (C=O) groups is 1. The van der Waals surface area contributed by atoms with Gasteiger partial charge in [-0.3, -0.25) is 10.0 Å². The van der Waals surface area contributed by atoms with E-state index < -0.39 is 27.8 Å². The van der Waals surface area contributed by atoms with E-state index in [4.69, 9.17) is 0 Å². The van der Waals surface area contributed by atoms with E-state index in [0.29, 0.717) is 0 Å². The summed E-state index contributed by atoms with van der Waals surface area (Å²) in [6, 6.07) is 16.2. The van der Waals surface area contributed by atoms with Crippen LogP contribution in [0.5, 0.6) is 0 Å². The Morgan fingerprint density at radius 1 is 1.03 bits per heavy atom. The van der Waals surface area contributed by atoms with E-state index in [1.165, 1.54) is 18.2 Å². The molecule has 0 aromatic heterocycles. The first-order valence-electron chi connectivity index (χ1n) is 9.67. The van der Waals surface area contributed by atoms with E-state index >= 15 is 0 Å².